The van der Waals surface area contributed by atoms with Gasteiger partial charge in [0.15, 0.2) is 0 Å². The van der Waals surface area contributed by atoms with Gasteiger partial charge in [0.25, 0.3) is 0 Å². The van der Waals surface area contributed by atoms with Gasteiger partial charge in [-0.15, -0.1) is 0 Å². The summed E-state index contributed by atoms with van der Waals surface area (Å²) >= 11 is 3.50. The molecule has 0 spiro atoms. The summed E-state index contributed by atoms with van der Waals surface area (Å²) in [5, 5.41) is 0. The number of hydrogen-bond acceptors (Lipinski definition) is 6. The standard InChI is InChI=1S/C36H30N2S5/c37-27-11-15-29(16-12-27)39-31-19-23-33(24-20-31)41-43(35-7-3-1-4-8-35,36-9-5-2-6-10-36)42-34-25-21-32(22-26-34)40-30-17-13-28(38)14-18-30/h1-26H,37-38H2. The van der Waals surface area contributed by atoms with Gasteiger partial charge in [-0.2, -0.15) is 0 Å². The second-order valence-corrected chi connectivity index (χ2v) is 19.7. The van der Waals surface area contributed by atoms with Crippen LogP contribution in [0.15, 0.2) is 197 Å². The minimum absolute atomic E-state index is 0.782. The van der Waals surface area contributed by atoms with Crippen LogP contribution in [0.4, 0.5) is 11.4 Å². The van der Waals surface area contributed by atoms with Crippen LogP contribution in [0.1, 0.15) is 0 Å². The quantitative estimate of drug-likeness (QED) is 0.114. The average Bonchev–Trinajstić information content (AvgIpc) is 3.05. The highest BCUT2D eigenvalue weighted by Crippen LogP contribution is 2.82. The Bertz CT molecular complexity index is 1610. The molecule has 0 unspecified atom stereocenters. The number of hydrogen-bond donors (Lipinski definition) is 2. The molecule has 6 aromatic rings. The molecule has 43 heavy (non-hydrogen) atoms. The summed E-state index contributed by atoms with van der Waals surface area (Å²) in [6.07, 6.45) is 0. The van der Waals surface area contributed by atoms with Crippen LogP contribution in [0.25, 0.3) is 0 Å². The van der Waals surface area contributed by atoms with Gasteiger partial charge in [0.1, 0.15) is 0 Å². The molecule has 2 nitrogen and oxygen atoms in total. The van der Waals surface area contributed by atoms with E-state index in [2.05, 4.69) is 133 Å². The van der Waals surface area contributed by atoms with Crippen LogP contribution in [0, 0.1) is 0 Å². The van der Waals surface area contributed by atoms with Crippen LogP contribution in [0.3, 0.4) is 0 Å². The van der Waals surface area contributed by atoms with E-state index in [-0.39, 0.29) is 0 Å². The van der Waals surface area contributed by atoms with E-state index >= 15 is 0 Å². The fraction of sp³-hybridized carbons (Fsp3) is 0. The van der Waals surface area contributed by atoms with Gasteiger partial charge in [0.2, 0.25) is 0 Å². The first-order valence-electron chi connectivity index (χ1n) is 13.7. The number of anilines is 2. The molecular formula is C36H30N2S5. The van der Waals surface area contributed by atoms with Crippen LogP contribution in [0.5, 0.6) is 0 Å². The Kier molecular flexibility index (Phi) is 9.66. The largest absolute Gasteiger partial charge is 0.399 e. The smallest absolute Gasteiger partial charge is 0.0314 e. The van der Waals surface area contributed by atoms with Crippen LogP contribution in [0.2, 0.25) is 0 Å². The lowest BCUT2D eigenvalue weighted by Crippen LogP contribution is -1.95. The lowest BCUT2D eigenvalue weighted by atomic mass is 10.3. The van der Waals surface area contributed by atoms with E-state index in [4.69, 9.17) is 11.5 Å². The Balaban J connectivity index is 1.32. The maximum Gasteiger partial charge on any atom is 0.0314 e. The van der Waals surface area contributed by atoms with Gasteiger partial charge in [-0.05, 0) is 121 Å². The second-order valence-electron chi connectivity index (χ2n) is 9.58. The second kappa shape index (κ2) is 14.0. The molecule has 6 rings (SSSR count). The summed E-state index contributed by atoms with van der Waals surface area (Å²) in [5.41, 5.74) is 13.3. The van der Waals surface area contributed by atoms with Crippen molar-refractivity contribution in [3.63, 3.8) is 0 Å². The first-order valence-corrected chi connectivity index (χ1v) is 19.6. The maximum atomic E-state index is 5.88. The first-order chi connectivity index (χ1) is 21.1. The van der Waals surface area contributed by atoms with Gasteiger partial charge in [-0.1, -0.05) is 89.6 Å². The number of nitrogen functional groups attached to an aromatic ring is 2. The minimum Gasteiger partial charge on any atom is -0.399 e. The highest BCUT2D eigenvalue weighted by Gasteiger charge is 2.32. The van der Waals surface area contributed by atoms with Gasteiger partial charge in [0, 0.05) is 50.5 Å². The van der Waals surface area contributed by atoms with Crippen molar-refractivity contribution in [1.29, 1.82) is 0 Å². The highest BCUT2D eigenvalue weighted by atomic mass is 33.6. The maximum absolute atomic E-state index is 5.88. The van der Waals surface area contributed by atoms with E-state index < -0.39 is 8.09 Å². The zero-order valence-corrected chi connectivity index (χ0v) is 27.3. The van der Waals surface area contributed by atoms with Crippen molar-refractivity contribution in [3.8, 4) is 0 Å². The Morgan fingerprint density at radius 3 is 0.930 bits per heavy atom. The van der Waals surface area contributed by atoms with E-state index in [1.54, 1.807) is 23.5 Å². The molecule has 7 heteroatoms. The number of rotatable bonds is 10. The van der Waals surface area contributed by atoms with Crippen molar-refractivity contribution in [3.05, 3.63) is 158 Å². The lowest BCUT2D eigenvalue weighted by Gasteiger charge is -2.39. The molecule has 0 atom stereocenters. The first kappa shape index (κ1) is 29.7. The summed E-state index contributed by atoms with van der Waals surface area (Å²) in [5.74, 6) is 0. The van der Waals surface area contributed by atoms with Crippen LogP contribution < -0.4 is 11.5 Å². The zero-order chi connectivity index (χ0) is 29.5. The van der Waals surface area contributed by atoms with E-state index in [9.17, 15) is 0 Å². The van der Waals surface area contributed by atoms with Crippen molar-refractivity contribution in [2.45, 2.75) is 39.2 Å². The van der Waals surface area contributed by atoms with Crippen molar-refractivity contribution in [1.82, 2.24) is 0 Å². The van der Waals surface area contributed by atoms with E-state index in [1.807, 2.05) is 45.9 Å². The van der Waals surface area contributed by atoms with Gasteiger partial charge in [0.05, 0.1) is 0 Å². The predicted molar refractivity (Wildman–Crippen MR) is 192 cm³/mol. The average molecular weight is 651 g/mol. The molecule has 0 heterocycles. The molecule has 0 fully saturated rings. The molecule has 0 aromatic heterocycles. The molecule has 0 radical (unpaired) electrons. The third-order valence-electron chi connectivity index (χ3n) is 6.41. The molecule has 0 aliphatic carbocycles. The molecule has 0 aliphatic rings. The fourth-order valence-corrected chi connectivity index (χ4v) is 15.3. The predicted octanol–water partition coefficient (Wildman–Crippen LogP) is 11.8. The zero-order valence-electron chi connectivity index (χ0n) is 23.2. The molecule has 0 amide bonds. The monoisotopic (exact) mass is 650 g/mol. The summed E-state index contributed by atoms with van der Waals surface area (Å²) in [4.78, 5) is 9.91. The Morgan fingerprint density at radius 1 is 0.326 bits per heavy atom. The number of nitrogens with two attached hydrogens (primary N) is 2. The molecule has 6 aromatic carbocycles. The fourth-order valence-electron chi connectivity index (χ4n) is 4.29. The Labute approximate surface area is 271 Å². The third kappa shape index (κ3) is 7.61. The molecule has 0 aliphatic heterocycles. The molecule has 4 N–H and O–H groups in total. The molecular weight excluding hydrogens is 621 g/mol. The normalized spacial score (nSPS) is 11.7. The Morgan fingerprint density at radius 2 is 0.605 bits per heavy atom. The summed E-state index contributed by atoms with van der Waals surface area (Å²) < 4.78 is 0. The van der Waals surface area contributed by atoms with E-state index in [1.165, 1.54) is 39.2 Å². The molecule has 0 bridgehead atoms. The van der Waals surface area contributed by atoms with Gasteiger partial charge < -0.3 is 11.5 Å². The van der Waals surface area contributed by atoms with Crippen molar-refractivity contribution >= 4 is 64.6 Å². The molecule has 0 saturated heterocycles. The summed E-state index contributed by atoms with van der Waals surface area (Å²) in [6, 6.07) is 55.9. The minimum atomic E-state index is -1.62. The van der Waals surface area contributed by atoms with Crippen molar-refractivity contribution < 1.29 is 0 Å². The number of benzene rings is 6. The summed E-state index contributed by atoms with van der Waals surface area (Å²) in [7, 11) is 2.31. The van der Waals surface area contributed by atoms with E-state index in [0.29, 0.717) is 0 Å². The van der Waals surface area contributed by atoms with Crippen molar-refractivity contribution in [2.24, 2.45) is 0 Å². The third-order valence-corrected chi connectivity index (χ3v) is 17.7. The van der Waals surface area contributed by atoms with E-state index in [0.717, 1.165) is 11.4 Å². The van der Waals surface area contributed by atoms with Crippen LogP contribution in [-0.4, -0.2) is 0 Å². The SMILES string of the molecule is Nc1ccc(Sc2ccc(SS(Sc3ccc(Sc4ccc(N)cc4)cc3)(c3ccccc3)c3ccccc3)cc2)cc1. The molecule has 214 valence electrons. The summed E-state index contributed by atoms with van der Waals surface area (Å²) in [6.45, 7) is 0. The van der Waals surface area contributed by atoms with Crippen LogP contribution in [-0.2, 0) is 0 Å². The Hall–Kier alpha value is -3.33. The topological polar surface area (TPSA) is 52.0 Å². The molecule has 0 saturated carbocycles. The van der Waals surface area contributed by atoms with Crippen molar-refractivity contribution in [2.75, 3.05) is 11.5 Å². The van der Waals surface area contributed by atoms with Gasteiger partial charge >= 0.3 is 0 Å². The van der Waals surface area contributed by atoms with Gasteiger partial charge in [-0.3, -0.25) is 0 Å². The lowest BCUT2D eigenvalue weighted by molar-refractivity contribution is 1.34. The van der Waals surface area contributed by atoms with Crippen LogP contribution >= 0.6 is 53.2 Å². The van der Waals surface area contributed by atoms with Gasteiger partial charge in [-0.25, -0.2) is 0 Å². The highest BCUT2D eigenvalue weighted by molar-refractivity contribution is 9.25.